The first-order valence-electron chi connectivity index (χ1n) is 5.56. The zero-order valence-corrected chi connectivity index (χ0v) is 11.1. The monoisotopic (exact) mass is 276 g/mol. The van der Waals surface area contributed by atoms with Gasteiger partial charge in [0, 0.05) is 12.2 Å². The lowest BCUT2D eigenvalue weighted by Crippen LogP contribution is -2.39. The van der Waals surface area contributed by atoms with Crippen molar-refractivity contribution in [1.82, 2.24) is 10.3 Å². The van der Waals surface area contributed by atoms with E-state index in [4.69, 9.17) is 0 Å². The number of hydrogen-bond acceptors (Lipinski definition) is 4. The van der Waals surface area contributed by atoms with Crippen LogP contribution in [0.15, 0.2) is 29.4 Å². The fourth-order valence-corrected chi connectivity index (χ4v) is 3.44. The average molecular weight is 277 g/mol. The van der Waals surface area contributed by atoms with Gasteiger partial charge in [0.2, 0.25) is 0 Å². The molecule has 1 unspecified atom stereocenters. The van der Waals surface area contributed by atoms with Crippen LogP contribution >= 0.6 is 12.4 Å². The van der Waals surface area contributed by atoms with Crippen LogP contribution < -0.4 is 5.32 Å². The highest BCUT2D eigenvalue weighted by Crippen LogP contribution is 2.13. The second-order valence-corrected chi connectivity index (χ2v) is 6.08. The van der Waals surface area contributed by atoms with E-state index in [1.54, 1.807) is 18.2 Å². The lowest BCUT2D eigenvalue weighted by atomic mass is 10.1. The van der Waals surface area contributed by atoms with Crippen molar-refractivity contribution in [2.45, 2.75) is 30.3 Å². The summed E-state index contributed by atoms with van der Waals surface area (Å²) in [4.78, 5) is 3.90. The van der Waals surface area contributed by atoms with Gasteiger partial charge in [0.15, 0.2) is 14.9 Å². The fourth-order valence-electron chi connectivity index (χ4n) is 1.95. The predicted octanol–water partition coefficient (Wildman–Crippen LogP) is 1.42. The molecule has 0 aliphatic carbocycles. The molecule has 1 aliphatic rings. The van der Waals surface area contributed by atoms with Gasteiger partial charge in [0.25, 0.3) is 0 Å². The Labute approximate surface area is 108 Å². The third-order valence-electron chi connectivity index (χ3n) is 2.79. The normalized spacial score (nSPS) is 20.6. The number of nitrogens with zero attached hydrogens (tertiary/aromatic N) is 1. The summed E-state index contributed by atoms with van der Waals surface area (Å²) < 4.78 is 24.0. The zero-order chi connectivity index (χ0) is 11.4. The Morgan fingerprint density at radius 1 is 1.35 bits per heavy atom. The van der Waals surface area contributed by atoms with Crippen LogP contribution in [0.4, 0.5) is 0 Å². The summed E-state index contributed by atoms with van der Waals surface area (Å²) in [5.74, 6) is 0.157. The Kier molecular flexibility index (Phi) is 5.36. The van der Waals surface area contributed by atoms with Crippen LogP contribution in [-0.4, -0.2) is 31.7 Å². The van der Waals surface area contributed by atoms with Gasteiger partial charge in [-0.3, -0.25) is 0 Å². The van der Waals surface area contributed by atoms with E-state index in [1.807, 2.05) is 0 Å². The molecule has 1 fully saturated rings. The van der Waals surface area contributed by atoms with Crippen LogP contribution in [0.25, 0.3) is 0 Å². The van der Waals surface area contributed by atoms with Crippen molar-refractivity contribution in [2.75, 3.05) is 12.3 Å². The van der Waals surface area contributed by atoms with Crippen LogP contribution in [0, 0.1) is 0 Å². The van der Waals surface area contributed by atoms with Gasteiger partial charge >= 0.3 is 0 Å². The first-order chi connectivity index (χ1) is 7.68. The van der Waals surface area contributed by atoms with E-state index >= 15 is 0 Å². The fraction of sp³-hybridized carbons (Fsp3) is 0.545. The molecule has 6 heteroatoms. The van der Waals surface area contributed by atoms with Crippen molar-refractivity contribution >= 4 is 22.2 Å². The summed E-state index contributed by atoms with van der Waals surface area (Å²) >= 11 is 0. The largest absolute Gasteiger partial charge is 0.313 e. The van der Waals surface area contributed by atoms with E-state index in [2.05, 4.69) is 10.3 Å². The zero-order valence-electron chi connectivity index (χ0n) is 9.50. The molecule has 1 atom stereocenters. The predicted molar refractivity (Wildman–Crippen MR) is 69.2 cm³/mol. The van der Waals surface area contributed by atoms with Crippen LogP contribution in [-0.2, 0) is 9.84 Å². The highest BCUT2D eigenvalue weighted by Gasteiger charge is 2.23. The number of halogens is 1. The molecule has 1 saturated heterocycles. The molecule has 0 saturated carbocycles. The van der Waals surface area contributed by atoms with Crippen molar-refractivity contribution in [3.05, 3.63) is 24.4 Å². The third-order valence-corrected chi connectivity index (χ3v) is 4.51. The Hall–Kier alpha value is -0.650. The van der Waals surface area contributed by atoms with Gasteiger partial charge in [-0.15, -0.1) is 12.4 Å². The Morgan fingerprint density at radius 3 is 2.76 bits per heavy atom. The average Bonchev–Trinajstić information content (AvgIpc) is 2.31. The number of hydrogen-bond donors (Lipinski definition) is 1. The lowest BCUT2D eigenvalue weighted by molar-refractivity contribution is 0.423. The van der Waals surface area contributed by atoms with Gasteiger partial charge in [-0.05, 0) is 31.5 Å². The summed E-state index contributed by atoms with van der Waals surface area (Å²) in [7, 11) is -3.23. The van der Waals surface area contributed by atoms with E-state index in [0.717, 1.165) is 25.8 Å². The summed E-state index contributed by atoms with van der Waals surface area (Å²) in [5, 5.41) is 3.42. The molecule has 2 heterocycles. The van der Waals surface area contributed by atoms with Crippen LogP contribution in [0.5, 0.6) is 0 Å². The summed E-state index contributed by atoms with van der Waals surface area (Å²) in [6, 6.07) is 5.06. The molecular weight excluding hydrogens is 260 g/mol. The molecular formula is C11H17ClN2O2S. The minimum absolute atomic E-state index is 0. The molecule has 0 bridgehead atoms. The minimum Gasteiger partial charge on any atom is -0.313 e. The smallest absolute Gasteiger partial charge is 0.197 e. The molecule has 1 aliphatic heterocycles. The topological polar surface area (TPSA) is 59.1 Å². The SMILES string of the molecule is Cl.O=S(=O)(CC1CCCCN1)c1ccccn1. The quantitative estimate of drug-likeness (QED) is 0.907. The highest BCUT2D eigenvalue weighted by molar-refractivity contribution is 7.91. The number of aromatic nitrogens is 1. The number of pyridine rings is 1. The molecule has 4 nitrogen and oxygen atoms in total. The molecule has 96 valence electrons. The van der Waals surface area contributed by atoms with Crippen LogP contribution in [0.1, 0.15) is 19.3 Å². The molecule has 1 aromatic rings. The molecule has 1 N–H and O–H groups in total. The number of sulfone groups is 1. The number of piperidine rings is 1. The number of rotatable bonds is 3. The Morgan fingerprint density at radius 2 is 2.18 bits per heavy atom. The van der Waals surface area contributed by atoms with Crippen molar-refractivity contribution in [3.63, 3.8) is 0 Å². The molecule has 0 aromatic carbocycles. The van der Waals surface area contributed by atoms with Crippen molar-refractivity contribution in [3.8, 4) is 0 Å². The van der Waals surface area contributed by atoms with Gasteiger partial charge in [-0.1, -0.05) is 12.5 Å². The van der Waals surface area contributed by atoms with E-state index in [-0.39, 0.29) is 29.2 Å². The second-order valence-electron chi connectivity index (χ2n) is 4.10. The van der Waals surface area contributed by atoms with Gasteiger partial charge in [0.05, 0.1) is 5.75 Å². The maximum absolute atomic E-state index is 12.0. The summed E-state index contributed by atoms with van der Waals surface area (Å²) in [5.41, 5.74) is 0. The molecule has 0 amide bonds. The highest BCUT2D eigenvalue weighted by atomic mass is 35.5. The minimum atomic E-state index is -3.23. The van der Waals surface area contributed by atoms with E-state index in [1.165, 1.54) is 6.20 Å². The first kappa shape index (κ1) is 14.4. The van der Waals surface area contributed by atoms with Crippen molar-refractivity contribution < 1.29 is 8.42 Å². The van der Waals surface area contributed by atoms with Gasteiger partial charge < -0.3 is 5.32 Å². The van der Waals surface area contributed by atoms with Crippen molar-refractivity contribution in [2.24, 2.45) is 0 Å². The van der Waals surface area contributed by atoms with Gasteiger partial charge in [0.1, 0.15) is 0 Å². The maximum Gasteiger partial charge on any atom is 0.197 e. The lowest BCUT2D eigenvalue weighted by Gasteiger charge is -2.22. The van der Waals surface area contributed by atoms with E-state index in [0.29, 0.717) is 0 Å². The third kappa shape index (κ3) is 3.94. The van der Waals surface area contributed by atoms with Gasteiger partial charge in [-0.25, -0.2) is 13.4 Å². The van der Waals surface area contributed by atoms with Crippen LogP contribution in [0.2, 0.25) is 0 Å². The first-order valence-corrected chi connectivity index (χ1v) is 7.21. The Bertz CT molecular complexity index is 430. The van der Waals surface area contributed by atoms with E-state index in [9.17, 15) is 8.42 Å². The number of nitrogens with one attached hydrogen (secondary N) is 1. The maximum atomic E-state index is 12.0. The summed E-state index contributed by atoms with van der Waals surface area (Å²) in [6.45, 7) is 0.919. The molecule has 17 heavy (non-hydrogen) atoms. The molecule has 0 radical (unpaired) electrons. The second kappa shape index (κ2) is 6.33. The van der Waals surface area contributed by atoms with E-state index < -0.39 is 9.84 Å². The van der Waals surface area contributed by atoms with Crippen LogP contribution in [0.3, 0.4) is 0 Å². The Balaban J connectivity index is 0.00000144. The standard InChI is InChI=1S/C11H16N2O2S.ClH/c14-16(15,11-6-2-4-8-13-11)9-10-5-1-3-7-12-10;/h2,4,6,8,10,12H,1,3,5,7,9H2;1H. The van der Waals surface area contributed by atoms with Crippen molar-refractivity contribution in [1.29, 1.82) is 0 Å². The van der Waals surface area contributed by atoms with Gasteiger partial charge in [-0.2, -0.15) is 0 Å². The summed E-state index contributed by atoms with van der Waals surface area (Å²) in [6.07, 6.45) is 4.70. The molecule has 0 spiro atoms. The molecule has 1 aromatic heterocycles. The molecule has 2 rings (SSSR count).